The molecular weight excluding hydrogens is 254 g/mol. The number of furan rings is 1. The molecule has 5 nitrogen and oxygen atoms in total. The lowest BCUT2D eigenvalue weighted by molar-refractivity contribution is 0.537. The molecule has 0 aromatic carbocycles. The highest BCUT2D eigenvalue weighted by molar-refractivity contribution is 6.29. The lowest BCUT2D eigenvalue weighted by Crippen LogP contribution is -2.04. The molecular formula is C12H8ClN3O2. The minimum absolute atomic E-state index is 0.374. The summed E-state index contributed by atoms with van der Waals surface area (Å²) >= 11 is 5.73. The van der Waals surface area contributed by atoms with Crippen LogP contribution in [0.3, 0.4) is 0 Å². The fourth-order valence-electron chi connectivity index (χ4n) is 1.76. The van der Waals surface area contributed by atoms with Gasteiger partial charge >= 0.3 is 5.63 Å². The number of halogens is 1. The summed E-state index contributed by atoms with van der Waals surface area (Å²) in [5, 5.41) is 0.449. The van der Waals surface area contributed by atoms with Crippen molar-refractivity contribution in [1.82, 2.24) is 14.5 Å². The summed E-state index contributed by atoms with van der Waals surface area (Å²) in [4.78, 5) is 19.2. The first-order valence-electron chi connectivity index (χ1n) is 5.27. The number of pyridine rings is 1. The SMILES string of the molecule is O=c1cc2n(Cc3ccc(Cl)nc3)cncc-2o1. The van der Waals surface area contributed by atoms with Crippen LogP contribution in [0, 0.1) is 0 Å². The molecule has 3 rings (SSSR count). The Morgan fingerprint density at radius 1 is 1.33 bits per heavy atom. The third-order valence-electron chi connectivity index (χ3n) is 2.57. The summed E-state index contributed by atoms with van der Waals surface area (Å²) in [5.74, 6) is 0.476. The van der Waals surface area contributed by atoms with Crippen molar-refractivity contribution in [3.05, 3.63) is 58.1 Å². The monoisotopic (exact) mass is 261 g/mol. The van der Waals surface area contributed by atoms with Gasteiger partial charge in [0.15, 0.2) is 5.76 Å². The van der Waals surface area contributed by atoms with E-state index in [1.54, 1.807) is 18.6 Å². The van der Waals surface area contributed by atoms with Crippen LogP contribution in [0.25, 0.3) is 11.5 Å². The molecule has 0 atom stereocenters. The average Bonchev–Trinajstić information content (AvgIpc) is 2.73. The fourth-order valence-corrected chi connectivity index (χ4v) is 1.87. The maximum atomic E-state index is 11.2. The Morgan fingerprint density at radius 2 is 2.22 bits per heavy atom. The van der Waals surface area contributed by atoms with Crippen LogP contribution in [-0.4, -0.2) is 14.5 Å². The van der Waals surface area contributed by atoms with E-state index in [4.69, 9.17) is 16.0 Å². The molecule has 3 heterocycles. The van der Waals surface area contributed by atoms with Crippen LogP contribution in [0.1, 0.15) is 5.56 Å². The molecule has 2 aliphatic rings. The molecule has 0 radical (unpaired) electrons. The quantitative estimate of drug-likeness (QED) is 0.662. The lowest BCUT2D eigenvalue weighted by Gasteiger charge is -2.09. The highest BCUT2D eigenvalue weighted by Crippen LogP contribution is 2.19. The molecule has 0 saturated carbocycles. The molecule has 1 aromatic rings. The first-order valence-corrected chi connectivity index (χ1v) is 5.64. The van der Waals surface area contributed by atoms with Gasteiger partial charge in [0, 0.05) is 6.20 Å². The number of fused-ring (bicyclic) bond motifs is 1. The van der Waals surface area contributed by atoms with Gasteiger partial charge in [0.2, 0.25) is 0 Å². The van der Waals surface area contributed by atoms with Gasteiger partial charge in [-0.15, -0.1) is 0 Å². The Balaban J connectivity index is 2.00. The zero-order valence-corrected chi connectivity index (χ0v) is 9.96. The van der Waals surface area contributed by atoms with E-state index >= 15 is 0 Å². The Kier molecular flexibility index (Phi) is 2.60. The summed E-state index contributed by atoms with van der Waals surface area (Å²) in [6.07, 6.45) is 4.85. The van der Waals surface area contributed by atoms with Gasteiger partial charge in [-0.2, -0.15) is 0 Å². The molecule has 18 heavy (non-hydrogen) atoms. The standard InChI is InChI=1S/C12H8ClN3O2/c13-11-2-1-8(4-15-11)6-16-7-14-5-10-9(16)3-12(17)18-10/h1-5,7H,6H2. The number of hydrogen-bond donors (Lipinski definition) is 0. The molecule has 0 bridgehead atoms. The van der Waals surface area contributed by atoms with E-state index in [1.807, 2.05) is 10.6 Å². The maximum absolute atomic E-state index is 11.2. The predicted molar refractivity (Wildman–Crippen MR) is 65.7 cm³/mol. The Morgan fingerprint density at radius 3 is 3.00 bits per heavy atom. The largest absolute Gasteiger partial charge is 0.419 e. The highest BCUT2D eigenvalue weighted by Gasteiger charge is 2.12. The van der Waals surface area contributed by atoms with Crippen LogP contribution >= 0.6 is 11.6 Å². The molecule has 90 valence electrons. The molecule has 0 fully saturated rings. The van der Waals surface area contributed by atoms with Crippen molar-refractivity contribution in [3.63, 3.8) is 0 Å². The van der Waals surface area contributed by atoms with Gasteiger partial charge in [0.25, 0.3) is 0 Å². The Bertz CT molecular complexity index is 702. The number of rotatable bonds is 2. The van der Waals surface area contributed by atoms with Crippen LogP contribution < -0.4 is 5.63 Å². The van der Waals surface area contributed by atoms with Gasteiger partial charge in [-0.3, -0.25) is 0 Å². The molecule has 1 aromatic heterocycles. The van der Waals surface area contributed by atoms with E-state index in [0.717, 1.165) is 5.56 Å². The smallest absolute Gasteiger partial charge is 0.338 e. The van der Waals surface area contributed by atoms with Gasteiger partial charge in [-0.25, -0.2) is 14.8 Å². The van der Waals surface area contributed by atoms with Crippen molar-refractivity contribution in [3.8, 4) is 11.5 Å². The van der Waals surface area contributed by atoms with Gasteiger partial charge in [-0.05, 0) is 11.6 Å². The second-order valence-corrected chi connectivity index (χ2v) is 4.21. The van der Waals surface area contributed by atoms with Crippen LogP contribution in [0.5, 0.6) is 0 Å². The molecule has 0 spiro atoms. The zero-order valence-electron chi connectivity index (χ0n) is 9.21. The van der Waals surface area contributed by atoms with Gasteiger partial charge in [0.1, 0.15) is 5.15 Å². The molecule has 0 aliphatic carbocycles. The Labute approximate surface area is 107 Å². The molecule has 0 unspecified atom stereocenters. The van der Waals surface area contributed by atoms with Gasteiger partial charge < -0.3 is 8.98 Å². The van der Waals surface area contributed by atoms with Crippen LogP contribution in [-0.2, 0) is 6.54 Å². The molecule has 0 saturated heterocycles. The first kappa shape index (κ1) is 11.0. The van der Waals surface area contributed by atoms with Crippen molar-refractivity contribution in [1.29, 1.82) is 0 Å². The minimum atomic E-state index is -0.374. The zero-order chi connectivity index (χ0) is 12.5. The third-order valence-corrected chi connectivity index (χ3v) is 2.79. The van der Waals surface area contributed by atoms with E-state index in [-0.39, 0.29) is 5.63 Å². The van der Waals surface area contributed by atoms with Gasteiger partial charge in [-0.1, -0.05) is 17.7 Å². The summed E-state index contributed by atoms with van der Waals surface area (Å²) < 4.78 is 6.81. The topological polar surface area (TPSA) is 60.9 Å². The van der Waals surface area contributed by atoms with Crippen LogP contribution in [0.4, 0.5) is 0 Å². The Hall–Kier alpha value is -2.14. The molecule has 0 N–H and O–H groups in total. The van der Waals surface area contributed by atoms with E-state index < -0.39 is 0 Å². The van der Waals surface area contributed by atoms with Crippen molar-refractivity contribution >= 4 is 11.6 Å². The number of nitrogens with zero attached hydrogens (tertiary/aromatic N) is 3. The number of hydrogen-bond acceptors (Lipinski definition) is 4. The summed E-state index contributed by atoms with van der Waals surface area (Å²) in [6.45, 7) is 0.549. The van der Waals surface area contributed by atoms with E-state index in [9.17, 15) is 4.79 Å². The minimum Gasteiger partial charge on any atom is -0.419 e. The van der Waals surface area contributed by atoms with E-state index in [2.05, 4.69) is 9.97 Å². The first-order chi connectivity index (χ1) is 8.72. The fraction of sp³-hybridized carbons (Fsp3) is 0.0833. The van der Waals surface area contributed by atoms with Crippen molar-refractivity contribution in [2.75, 3.05) is 0 Å². The van der Waals surface area contributed by atoms with Crippen molar-refractivity contribution in [2.24, 2.45) is 0 Å². The second-order valence-electron chi connectivity index (χ2n) is 3.83. The van der Waals surface area contributed by atoms with Crippen molar-refractivity contribution < 1.29 is 4.42 Å². The third kappa shape index (κ3) is 2.00. The molecule has 6 heteroatoms. The second kappa shape index (κ2) is 4.27. The average molecular weight is 262 g/mol. The van der Waals surface area contributed by atoms with E-state index in [0.29, 0.717) is 23.2 Å². The van der Waals surface area contributed by atoms with Gasteiger partial charge in [0.05, 0.1) is 30.8 Å². The molecule has 2 aliphatic heterocycles. The summed E-state index contributed by atoms with van der Waals surface area (Å²) in [5.41, 5.74) is 1.30. The van der Waals surface area contributed by atoms with Crippen LogP contribution in [0.2, 0.25) is 5.15 Å². The summed E-state index contributed by atoms with van der Waals surface area (Å²) in [7, 11) is 0. The highest BCUT2D eigenvalue weighted by atomic mass is 35.5. The molecule has 0 amide bonds. The summed E-state index contributed by atoms with van der Waals surface area (Å²) in [6, 6.07) is 5.04. The maximum Gasteiger partial charge on any atom is 0.338 e. The lowest BCUT2D eigenvalue weighted by atomic mass is 10.2. The van der Waals surface area contributed by atoms with E-state index in [1.165, 1.54) is 12.3 Å². The predicted octanol–water partition coefficient (Wildman–Crippen LogP) is 2.04. The number of aromatic nitrogens is 3. The normalized spacial score (nSPS) is 10.9. The van der Waals surface area contributed by atoms with Crippen LogP contribution in [0.15, 0.2) is 46.1 Å². The van der Waals surface area contributed by atoms with Crippen molar-refractivity contribution in [2.45, 2.75) is 6.54 Å².